The van der Waals surface area contributed by atoms with Crippen LogP contribution in [0, 0.1) is 17.0 Å². The first-order valence-corrected chi connectivity index (χ1v) is 5.46. The summed E-state index contributed by atoms with van der Waals surface area (Å²) in [6.07, 6.45) is 0. The number of methoxy groups -OCH3 is 1. The molecule has 6 nitrogen and oxygen atoms in total. The second-order valence-corrected chi connectivity index (χ2v) is 4.21. The summed E-state index contributed by atoms with van der Waals surface area (Å²) < 4.78 is 5.61. The molecule has 0 saturated carbocycles. The Morgan fingerprint density at radius 2 is 2.18 bits per heavy atom. The molecule has 0 saturated heterocycles. The van der Waals surface area contributed by atoms with Crippen molar-refractivity contribution in [2.45, 2.75) is 13.8 Å². The Bertz CT molecular complexity index is 488. The number of halogens is 1. The lowest BCUT2D eigenvalue weighted by atomic mass is 10.1. The van der Waals surface area contributed by atoms with Gasteiger partial charge in [0, 0.05) is 6.92 Å². The number of nitro groups is 1. The number of rotatable bonds is 3. The van der Waals surface area contributed by atoms with Crippen LogP contribution in [0.1, 0.15) is 12.5 Å². The van der Waals surface area contributed by atoms with E-state index in [4.69, 9.17) is 4.74 Å². The first-order valence-electron chi connectivity index (χ1n) is 4.67. The van der Waals surface area contributed by atoms with Crippen LogP contribution in [0.4, 0.5) is 11.4 Å². The van der Waals surface area contributed by atoms with Crippen molar-refractivity contribution in [2.75, 3.05) is 12.4 Å². The van der Waals surface area contributed by atoms with Crippen LogP contribution in [0.25, 0.3) is 0 Å². The quantitative estimate of drug-likeness (QED) is 0.687. The molecule has 1 amide bonds. The molecule has 0 fully saturated rings. The molecule has 0 aliphatic heterocycles. The van der Waals surface area contributed by atoms with E-state index < -0.39 is 4.92 Å². The molecule has 0 radical (unpaired) electrons. The van der Waals surface area contributed by atoms with Crippen molar-refractivity contribution in [1.29, 1.82) is 0 Å². The van der Waals surface area contributed by atoms with Gasteiger partial charge < -0.3 is 10.1 Å². The van der Waals surface area contributed by atoms with Gasteiger partial charge in [-0.25, -0.2) is 0 Å². The van der Waals surface area contributed by atoms with Crippen LogP contribution in [0.3, 0.4) is 0 Å². The molecule has 0 bridgehead atoms. The Balaban J connectivity index is 3.49. The van der Waals surface area contributed by atoms with E-state index in [-0.39, 0.29) is 17.3 Å². The van der Waals surface area contributed by atoms with Gasteiger partial charge in [-0.05, 0) is 28.9 Å². The number of carbonyl (C=O) groups excluding carboxylic acids is 1. The van der Waals surface area contributed by atoms with Gasteiger partial charge in [-0.15, -0.1) is 0 Å². The third kappa shape index (κ3) is 2.73. The fourth-order valence-electron chi connectivity index (χ4n) is 1.52. The fourth-order valence-corrected chi connectivity index (χ4v) is 2.21. The third-order valence-corrected chi connectivity index (χ3v) is 2.73. The first kappa shape index (κ1) is 13.4. The van der Waals surface area contributed by atoms with Gasteiger partial charge in [0.05, 0.1) is 22.1 Å². The molecule has 0 heterocycles. The summed E-state index contributed by atoms with van der Waals surface area (Å²) in [7, 11) is 1.43. The minimum Gasteiger partial charge on any atom is -0.495 e. The van der Waals surface area contributed by atoms with Gasteiger partial charge in [-0.3, -0.25) is 14.9 Å². The fraction of sp³-hybridized carbons (Fsp3) is 0.300. The van der Waals surface area contributed by atoms with Crippen LogP contribution < -0.4 is 10.1 Å². The van der Waals surface area contributed by atoms with Gasteiger partial charge in [0.15, 0.2) is 0 Å². The van der Waals surface area contributed by atoms with Crippen molar-refractivity contribution in [3.8, 4) is 5.75 Å². The molecule has 1 aromatic carbocycles. The zero-order chi connectivity index (χ0) is 13.2. The number of amides is 1. The highest BCUT2D eigenvalue weighted by Gasteiger charge is 2.24. The largest absolute Gasteiger partial charge is 0.495 e. The van der Waals surface area contributed by atoms with Crippen molar-refractivity contribution >= 4 is 33.2 Å². The zero-order valence-corrected chi connectivity index (χ0v) is 11.1. The average molecular weight is 303 g/mol. The number of hydrogen-bond acceptors (Lipinski definition) is 4. The zero-order valence-electron chi connectivity index (χ0n) is 9.54. The summed E-state index contributed by atoms with van der Waals surface area (Å²) in [5.74, 6) is 0.00960. The molecule has 0 aromatic heterocycles. The van der Waals surface area contributed by atoms with E-state index in [2.05, 4.69) is 21.2 Å². The minimum atomic E-state index is -0.546. The Morgan fingerprint density at radius 1 is 1.59 bits per heavy atom. The molecule has 1 N–H and O–H groups in total. The molecule has 1 aromatic rings. The van der Waals surface area contributed by atoms with Crippen LogP contribution >= 0.6 is 15.9 Å². The second-order valence-electron chi connectivity index (χ2n) is 3.35. The normalized spacial score (nSPS) is 9.88. The van der Waals surface area contributed by atoms with Crippen LogP contribution in [0.2, 0.25) is 0 Å². The van der Waals surface area contributed by atoms with E-state index in [9.17, 15) is 14.9 Å². The first-order chi connectivity index (χ1) is 7.88. The van der Waals surface area contributed by atoms with Crippen molar-refractivity contribution in [2.24, 2.45) is 0 Å². The number of hydrogen-bond donors (Lipinski definition) is 1. The second kappa shape index (κ2) is 5.13. The summed E-state index contributed by atoms with van der Waals surface area (Å²) in [4.78, 5) is 21.4. The van der Waals surface area contributed by atoms with Gasteiger partial charge in [0.1, 0.15) is 11.4 Å². The summed E-state index contributed by atoms with van der Waals surface area (Å²) in [5.41, 5.74) is 0.337. The lowest BCUT2D eigenvalue weighted by Crippen LogP contribution is -2.09. The van der Waals surface area contributed by atoms with E-state index in [0.29, 0.717) is 15.8 Å². The lowest BCUT2D eigenvalue weighted by Gasteiger charge is -2.11. The van der Waals surface area contributed by atoms with Crippen LogP contribution in [-0.4, -0.2) is 17.9 Å². The van der Waals surface area contributed by atoms with E-state index in [1.807, 2.05) is 0 Å². The van der Waals surface area contributed by atoms with Crippen molar-refractivity contribution in [3.05, 3.63) is 26.2 Å². The van der Waals surface area contributed by atoms with Crippen molar-refractivity contribution in [1.82, 2.24) is 0 Å². The Hall–Kier alpha value is -1.63. The number of nitro benzene ring substituents is 1. The van der Waals surface area contributed by atoms with Gasteiger partial charge in [-0.1, -0.05) is 0 Å². The molecule has 17 heavy (non-hydrogen) atoms. The van der Waals surface area contributed by atoms with Crippen LogP contribution in [0.15, 0.2) is 10.5 Å². The predicted octanol–water partition coefficient (Wildman–Crippen LogP) is 2.63. The summed E-state index contributed by atoms with van der Waals surface area (Å²) in [6.45, 7) is 2.85. The highest BCUT2D eigenvalue weighted by atomic mass is 79.9. The Labute approximate surface area is 106 Å². The number of carbonyl (C=O) groups is 1. The SMILES string of the molecule is COc1c(Br)cc(NC(C)=O)c([N+](=O)[O-])c1C. The molecule has 0 unspecified atom stereocenters. The van der Waals surface area contributed by atoms with E-state index >= 15 is 0 Å². The maximum absolute atomic E-state index is 11.0. The van der Waals surface area contributed by atoms with E-state index in [1.54, 1.807) is 6.92 Å². The number of ether oxygens (including phenoxy) is 1. The van der Waals surface area contributed by atoms with Crippen LogP contribution in [-0.2, 0) is 4.79 Å². The predicted molar refractivity (Wildman–Crippen MR) is 66.4 cm³/mol. The van der Waals surface area contributed by atoms with Crippen molar-refractivity contribution < 1.29 is 14.5 Å². The highest BCUT2D eigenvalue weighted by molar-refractivity contribution is 9.10. The van der Waals surface area contributed by atoms with Gasteiger partial charge in [-0.2, -0.15) is 0 Å². The summed E-state index contributed by atoms with van der Waals surface area (Å²) in [5, 5.41) is 13.4. The minimum absolute atomic E-state index is 0.146. The third-order valence-electron chi connectivity index (χ3n) is 2.14. The van der Waals surface area contributed by atoms with Crippen molar-refractivity contribution in [3.63, 3.8) is 0 Å². The topological polar surface area (TPSA) is 81.5 Å². The molecular formula is C10H11BrN2O4. The average Bonchev–Trinajstić information content (AvgIpc) is 2.15. The summed E-state index contributed by atoms with van der Waals surface area (Å²) >= 11 is 3.23. The Kier molecular flexibility index (Phi) is 4.06. The Morgan fingerprint density at radius 3 is 2.59 bits per heavy atom. The maximum Gasteiger partial charge on any atom is 0.299 e. The smallest absolute Gasteiger partial charge is 0.299 e. The molecule has 0 aliphatic rings. The molecule has 0 atom stereocenters. The monoisotopic (exact) mass is 302 g/mol. The van der Waals surface area contributed by atoms with Crippen LogP contribution in [0.5, 0.6) is 5.75 Å². The van der Waals surface area contributed by atoms with Gasteiger partial charge in [0.2, 0.25) is 5.91 Å². The number of benzene rings is 1. The standard InChI is InChI=1S/C10H11BrN2O4/c1-5-9(13(15)16)8(12-6(2)14)4-7(11)10(5)17-3/h4H,1-3H3,(H,12,14). The maximum atomic E-state index is 11.0. The number of nitrogens with zero attached hydrogens (tertiary/aromatic N) is 1. The number of nitrogens with one attached hydrogen (secondary N) is 1. The lowest BCUT2D eigenvalue weighted by molar-refractivity contribution is -0.384. The van der Waals surface area contributed by atoms with E-state index in [1.165, 1.54) is 20.1 Å². The molecule has 1 rings (SSSR count). The van der Waals surface area contributed by atoms with Gasteiger partial charge >= 0.3 is 0 Å². The molecular weight excluding hydrogens is 292 g/mol. The number of anilines is 1. The van der Waals surface area contributed by atoms with Gasteiger partial charge in [0.25, 0.3) is 5.69 Å². The molecule has 0 spiro atoms. The van der Waals surface area contributed by atoms with E-state index in [0.717, 1.165) is 0 Å². The molecule has 7 heteroatoms. The molecule has 0 aliphatic carbocycles. The molecule has 92 valence electrons. The summed E-state index contributed by atoms with van der Waals surface area (Å²) in [6, 6.07) is 1.45. The highest BCUT2D eigenvalue weighted by Crippen LogP contribution is 2.40.